The minimum Gasteiger partial charge on any atom is -0.385 e. The average Bonchev–Trinajstić information content (AvgIpc) is 2.88. The summed E-state index contributed by atoms with van der Waals surface area (Å²) in [4.78, 5) is 15.3. The van der Waals surface area contributed by atoms with Crippen molar-refractivity contribution in [2.75, 3.05) is 40.4 Å². The van der Waals surface area contributed by atoms with Gasteiger partial charge in [0.25, 0.3) is 0 Å². The Morgan fingerprint density at radius 1 is 1.22 bits per heavy atom. The van der Waals surface area contributed by atoms with Crippen molar-refractivity contribution in [3.63, 3.8) is 0 Å². The van der Waals surface area contributed by atoms with Gasteiger partial charge in [0.05, 0.1) is 5.60 Å². The fourth-order valence-corrected chi connectivity index (χ4v) is 6.34. The fraction of sp³-hybridized carbons (Fsp3) is 0.759. The summed E-state index contributed by atoms with van der Waals surface area (Å²) in [6.07, 6.45) is 11.2. The van der Waals surface area contributed by atoms with Gasteiger partial charge >= 0.3 is 6.03 Å². The molecule has 2 fully saturated rings. The summed E-state index contributed by atoms with van der Waals surface area (Å²) in [5, 5.41) is 18.7. The Balaban J connectivity index is 1.72. The maximum atomic E-state index is 14.3. The topological polar surface area (TPSA) is 73.8 Å². The molecule has 6 nitrogen and oxygen atoms in total. The minimum atomic E-state index is -1.19. The zero-order valence-electron chi connectivity index (χ0n) is 22.7. The van der Waals surface area contributed by atoms with E-state index in [0.717, 1.165) is 44.2 Å². The Bertz CT molecular complexity index is 817. The van der Waals surface area contributed by atoms with Crippen LogP contribution in [0.15, 0.2) is 18.2 Å². The van der Waals surface area contributed by atoms with Crippen LogP contribution < -0.4 is 10.6 Å². The highest BCUT2D eigenvalue weighted by Gasteiger charge is 2.42. The zero-order valence-corrected chi connectivity index (χ0v) is 22.7. The number of carbonyl (C=O) groups excluding carboxylic acids is 1. The average molecular weight is 506 g/mol. The second-order valence-electron chi connectivity index (χ2n) is 11.1. The molecule has 1 aliphatic heterocycles. The Labute approximate surface area is 217 Å². The molecule has 1 aliphatic carbocycles. The van der Waals surface area contributed by atoms with Crippen LogP contribution in [0.5, 0.6) is 0 Å². The first-order chi connectivity index (χ1) is 17.4. The molecule has 2 aliphatic rings. The van der Waals surface area contributed by atoms with Crippen molar-refractivity contribution < 1.29 is 19.0 Å². The number of amides is 2. The van der Waals surface area contributed by atoms with Crippen LogP contribution in [-0.2, 0) is 10.3 Å². The number of methoxy groups -OCH3 is 1. The van der Waals surface area contributed by atoms with Crippen LogP contribution in [0, 0.1) is 24.6 Å². The molecule has 3 atom stereocenters. The monoisotopic (exact) mass is 505 g/mol. The number of hydrogen-bond donors (Lipinski definition) is 3. The van der Waals surface area contributed by atoms with Gasteiger partial charge in [0.15, 0.2) is 0 Å². The molecule has 0 aromatic heterocycles. The van der Waals surface area contributed by atoms with Crippen molar-refractivity contribution in [2.24, 2.45) is 11.8 Å². The number of aliphatic hydroxyl groups is 1. The predicted octanol–water partition coefficient (Wildman–Crippen LogP) is 5.12. The number of likely N-dealkylation sites (N-methyl/N-ethyl adjacent to an activating group) is 1. The van der Waals surface area contributed by atoms with Crippen LogP contribution in [0.25, 0.3) is 0 Å². The Morgan fingerprint density at radius 2 is 2.00 bits per heavy atom. The number of benzene rings is 1. The van der Waals surface area contributed by atoms with E-state index in [1.807, 2.05) is 18.9 Å². The van der Waals surface area contributed by atoms with Gasteiger partial charge < -0.3 is 25.4 Å². The van der Waals surface area contributed by atoms with Crippen molar-refractivity contribution in [1.29, 1.82) is 0 Å². The number of rotatable bonds is 12. The maximum absolute atomic E-state index is 14.3. The van der Waals surface area contributed by atoms with Crippen molar-refractivity contribution in [3.8, 4) is 0 Å². The van der Waals surface area contributed by atoms with Crippen LogP contribution >= 0.6 is 0 Å². The molecule has 1 saturated heterocycles. The molecule has 1 heterocycles. The molecular weight excluding hydrogens is 457 g/mol. The van der Waals surface area contributed by atoms with E-state index in [4.69, 9.17) is 4.74 Å². The molecule has 3 N–H and O–H groups in total. The molecule has 0 unspecified atom stereocenters. The molecule has 1 saturated carbocycles. The number of likely N-dealkylation sites (tertiary alicyclic amines) is 1. The number of halogens is 1. The second kappa shape index (κ2) is 14.3. The highest BCUT2D eigenvalue weighted by atomic mass is 19.1. The highest BCUT2D eigenvalue weighted by Crippen LogP contribution is 2.41. The van der Waals surface area contributed by atoms with E-state index in [1.165, 1.54) is 44.2 Å². The van der Waals surface area contributed by atoms with Crippen molar-refractivity contribution in [2.45, 2.75) is 89.2 Å². The summed E-state index contributed by atoms with van der Waals surface area (Å²) in [7, 11) is 3.61. The van der Waals surface area contributed by atoms with E-state index < -0.39 is 5.60 Å². The lowest BCUT2D eigenvalue weighted by Crippen LogP contribution is -2.54. The zero-order chi connectivity index (χ0) is 26.0. The summed E-state index contributed by atoms with van der Waals surface area (Å²) < 4.78 is 19.5. The summed E-state index contributed by atoms with van der Waals surface area (Å²) in [5.74, 6) is 0.190. The van der Waals surface area contributed by atoms with E-state index in [9.17, 15) is 14.3 Å². The molecule has 7 heteroatoms. The van der Waals surface area contributed by atoms with Gasteiger partial charge in [-0.25, -0.2) is 9.18 Å². The minimum absolute atomic E-state index is 0.0477. The van der Waals surface area contributed by atoms with Crippen LogP contribution in [0.3, 0.4) is 0 Å². The molecule has 1 aromatic carbocycles. The van der Waals surface area contributed by atoms with Gasteiger partial charge in [0.1, 0.15) is 5.82 Å². The third-order valence-corrected chi connectivity index (χ3v) is 8.33. The SMILES string of the molecule is CNC[C@H](CC1CCCCC1)NC(=O)N1CCC[C@@H]([C@@](O)(CCCCOC)c2cc(F)ccc2C)C1. The van der Waals surface area contributed by atoms with Gasteiger partial charge in [-0.2, -0.15) is 0 Å². The lowest BCUT2D eigenvalue weighted by atomic mass is 9.73. The number of nitrogens with one attached hydrogen (secondary N) is 2. The lowest BCUT2D eigenvalue weighted by Gasteiger charge is -2.43. The number of nitrogens with zero attached hydrogens (tertiary/aromatic N) is 1. The molecule has 3 rings (SSSR count). The smallest absolute Gasteiger partial charge is 0.317 e. The largest absolute Gasteiger partial charge is 0.385 e. The number of piperidine rings is 1. The normalized spacial score (nSPS) is 21.7. The van der Waals surface area contributed by atoms with Gasteiger partial charge in [-0.3, -0.25) is 0 Å². The number of unbranched alkanes of at least 4 members (excludes halogenated alkanes) is 1. The van der Waals surface area contributed by atoms with Gasteiger partial charge in [-0.05, 0) is 81.7 Å². The number of aryl methyl sites for hydroxylation is 1. The summed E-state index contributed by atoms with van der Waals surface area (Å²) >= 11 is 0. The summed E-state index contributed by atoms with van der Waals surface area (Å²) in [6.45, 7) is 4.46. The van der Waals surface area contributed by atoms with Gasteiger partial charge in [0.2, 0.25) is 0 Å². The Morgan fingerprint density at radius 3 is 2.72 bits per heavy atom. The number of hydrogen-bond acceptors (Lipinski definition) is 4. The quantitative estimate of drug-likeness (QED) is 0.345. The number of urea groups is 1. The molecular formula is C29H48FN3O3. The Hall–Kier alpha value is -1.70. The predicted molar refractivity (Wildman–Crippen MR) is 142 cm³/mol. The first-order valence-corrected chi connectivity index (χ1v) is 14.0. The van der Waals surface area contributed by atoms with Gasteiger partial charge in [-0.15, -0.1) is 0 Å². The second-order valence-corrected chi connectivity index (χ2v) is 11.1. The standard InChI is InChI=1S/C29H48FN3O3/c1-22-13-14-25(30)19-27(22)29(35,15-7-8-17-36-3)24-12-9-16-33(21-24)28(34)32-26(20-31-2)18-23-10-5-4-6-11-23/h13-14,19,23-24,26,31,35H,4-12,15-18,20-21H2,1-3H3,(H,32,34)/t24-,26+,29+/m1/s1. The first kappa shape index (κ1) is 28.9. The van der Waals surface area contributed by atoms with Crippen molar-refractivity contribution in [3.05, 3.63) is 35.1 Å². The van der Waals surface area contributed by atoms with Gasteiger partial charge in [0, 0.05) is 45.3 Å². The molecule has 0 radical (unpaired) electrons. The molecule has 0 spiro atoms. The van der Waals surface area contributed by atoms with Crippen LogP contribution in [0.4, 0.5) is 9.18 Å². The molecule has 204 valence electrons. The summed E-state index contributed by atoms with van der Waals surface area (Å²) in [5.41, 5.74) is 0.344. The highest BCUT2D eigenvalue weighted by molar-refractivity contribution is 5.74. The Kier molecular flexibility index (Phi) is 11.5. The summed E-state index contributed by atoms with van der Waals surface area (Å²) in [6, 6.07) is 4.72. The molecule has 0 bridgehead atoms. The first-order valence-electron chi connectivity index (χ1n) is 14.0. The molecule has 2 amide bonds. The van der Waals surface area contributed by atoms with Gasteiger partial charge in [-0.1, -0.05) is 38.2 Å². The van der Waals surface area contributed by atoms with Crippen molar-refractivity contribution in [1.82, 2.24) is 15.5 Å². The number of ether oxygens (including phenoxy) is 1. The lowest BCUT2D eigenvalue weighted by molar-refractivity contribution is -0.0570. The van der Waals surface area contributed by atoms with Crippen LogP contribution in [-0.4, -0.2) is 62.5 Å². The van der Waals surface area contributed by atoms with Crippen LogP contribution in [0.1, 0.15) is 81.8 Å². The molecule has 1 aromatic rings. The fourth-order valence-electron chi connectivity index (χ4n) is 6.34. The van der Waals surface area contributed by atoms with Crippen LogP contribution in [0.2, 0.25) is 0 Å². The third kappa shape index (κ3) is 7.90. The van der Waals surface area contributed by atoms with E-state index >= 15 is 0 Å². The molecule has 36 heavy (non-hydrogen) atoms. The third-order valence-electron chi connectivity index (χ3n) is 8.33. The van der Waals surface area contributed by atoms with E-state index in [0.29, 0.717) is 37.6 Å². The van der Waals surface area contributed by atoms with Crippen molar-refractivity contribution >= 4 is 6.03 Å². The maximum Gasteiger partial charge on any atom is 0.317 e. The number of carbonyl (C=O) groups is 1. The van der Waals surface area contributed by atoms with E-state index in [2.05, 4.69) is 10.6 Å². The van der Waals surface area contributed by atoms with E-state index in [-0.39, 0.29) is 23.8 Å². The van der Waals surface area contributed by atoms with E-state index in [1.54, 1.807) is 13.2 Å².